The fourth-order valence-corrected chi connectivity index (χ4v) is 2.55. The molecule has 26 heavy (non-hydrogen) atoms. The Bertz CT molecular complexity index is 953. The van der Waals surface area contributed by atoms with Crippen molar-refractivity contribution < 1.29 is 18.3 Å². The first-order chi connectivity index (χ1) is 12.5. The van der Waals surface area contributed by atoms with E-state index in [0.29, 0.717) is 34.3 Å². The molecule has 3 rings (SSSR count). The lowest BCUT2D eigenvalue weighted by Gasteiger charge is -2.12. The number of carbonyl (C=O) groups is 1. The number of benzene rings is 2. The van der Waals surface area contributed by atoms with Crippen LogP contribution in [0.5, 0.6) is 5.75 Å². The third-order valence-corrected chi connectivity index (χ3v) is 3.91. The minimum atomic E-state index is -0.371. The van der Waals surface area contributed by atoms with Gasteiger partial charge >= 0.3 is 0 Å². The van der Waals surface area contributed by atoms with Crippen molar-refractivity contribution in [1.29, 1.82) is 0 Å². The number of nitrogens with zero attached hydrogens (tertiary/aromatic N) is 2. The Kier molecular flexibility index (Phi) is 4.97. The molecule has 1 N–H and O–H groups in total. The van der Waals surface area contributed by atoms with Gasteiger partial charge in [0.2, 0.25) is 17.7 Å². The lowest BCUT2D eigenvalue weighted by atomic mass is 10.1. The van der Waals surface area contributed by atoms with Gasteiger partial charge in [-0.25, -0.2) is 4.39 Å². The fraction of sp³-hybridized carbons (Fsp3) is 0.211. The Labute approximate surface area is 150 Å². The van der Waals surface area contributed by atoms with Gasteiger partial charge in [0.25, 0.3) is 0 Å². The predicted octanol–water partition coefficient (Wildman–Crippen LogP) is 3.68. The fourth-order valence-electron chi connectivity index (χ4n) is 2.55. The molecule has 0 saturated heterocycles. The SMILES string of the molecule is COc1ccc(-c2nnc(C)o2)cc1NC(=O)Cc1cc(F)ccc1C. The van der Waals surface area contributed by atoms with Gasteiger partial charge in [-0.3, -0.25) is 4.79 Å². The van der Waals surface area contributed by atoms with Gasteiger partial charge in [-0.1, -0.05) is 6.07 Å². The number of hydrogen-bond donors (Lipinski definition) is 1. The summed E-state index contributed by atoms with van der Waals surface area (Å²) in [5.74, 6) is 0.638. The van der Waals surface area contributed by atoms with Crippen molar-refractivity contribution in [1.82, 2.24) is 10.2 Å². The van der Waals surface area contributed by atoms with E-state index in [4.69, 9.17) is 9.15 Å². The van der Waals surface area contributed by atoms with E-state index in [1.165, 1.54) is 19.2 Å². The van der Waals surface area contributed by atoms with Gasteiger partial charge in [-0.05, 0) is 48.4 Å². The summed E-state index contributed by atoms with van der Waals surface area (Å²) in [6, 6.07) is 9.55. The van der Waals surface area contributed by atoms with Crippen LogP contribution in [0.3, 0.4) is 0 Å². The normalized spacial score (nSPS) is 10.6. The van der Waals surface area contributed by atoms with Gasteiger partial charge in [0.1, 0.15) is 11.6 Å². The molecule has 0 aliphatic heterocycles. The second kappa shape index (κ2) is 7.35. The maximum Gasteiger partial charge on any atom is 0.247 e. The van der Waals surface area contributed by atoms with E-state index in [1.807, 2.05) is 6.92 Å². The van der Waals surface area contributed by atoms with Gasteiger partial charge < -0.3 is 14.5 Å². The highest BCUT2D eigenvalue weighted by Gasteiger charge is 2.14. The van der Waals surface area contributed by atoms with Gasteiger partial charge in [0, 0.05) is 12.5 Å². The van der Waals surface area contributed by atoms with Gasteiger partial charge in [-0.15, -0.1) is 10.2 Å². The maximum absolute atomic E-state index is 13.4. The largest absolute Gasteiger partial charge is 0.495 e. The number of rotatable bonds is 5. The molecule has 1 amide bonds. The molecule has 0 saturated carbocycles. The smallest absolute Gasteiger partial charge is 0.247 e. The first kappa shape index (κ1) is 17.6. The monoisotopic (exact) mass is 355 g/mol. The van der Waals surface area contributed by atoms with Gasteiger partial charge in [-0.2, -0.15) is 0 Å². The second-order valence-electron chi connectivity index (χ2n) is 5.84. The predicted molar refractivity (Wildman–Crippen MR) is 94.5 cm³/mol. The van der Waals surface area contributed by atoms with Gasteiger partial charge in [0.15, 0.2) is 0 Å². The molecule has 0 aliphatic carbocycles. The number of nitrogens with one attached hydrogen (secondary N) is 1. The third kappa shape index (κ3) is 3.88. The zero-order valence-electron chi connectivity index (χ0n) is 14.7. The first-order valence-electron chi connectivity index (χ1n) is 7.99. The number of anilines is 1. The lowest BCUT2D eigenvalue weighted by molar-refractivity contribution is -0.115. The van der Waals surface area contributed by atoms with E-state index in [0.717, 1.165) is 5.56 Å². The summed E-state index contributed by atoms with van der Waals surface area (Å²) in [5, 5.41) is 10.6. The molecule has 0 atom stereocenters. The molecule has 0 spiro atoms. The highest BCUT2D eigenvalue weighted by Crippen LogP contribution is 2.30. The molecule has 1 heterocycles. The summed E-state index contributed by atoms with van der Waals surface area (Å²) in [4.78, 5) is 12.4. The minimum Gasteiger partial charge on any atom is -0.495 e. The topological polar surface area (TPSA) is 77.2 Å². The maximum atomic E-state index is 13.4. The van der Waals surface area contributed by atoms with Crippen LogP contribution in [0.25, 0.3) is 11.5 Å². The van der Waals surface area contributed by atoms with Crippen LogP contribution in [0, 0.1) is 19.7 Å². The Morgan fingerprint density at radius 1 is 1.19 bits per heavy atom. The molecule has 0 radical (unpaired) electrons. The number of methoxy groups -OCH3 is 1. The van der Waals surface area contributed by atoms with E-state index < -0.39 is 0 Å². The molecule has 3 aromatic rings. The molecular formula is C19H18FN3O3. The van der Waals surface area contributed by atoms with Crippen LogP contribution >= 0.6 is 0 Å². The number of amides is 1. The van der Waals surface area contributed by atoms with E-state index in [-0.39, 0.29) is 18.1 Å². The molecule has 1 aromatic heterocycles. The second-order valence-corrected chi connectivity index (χ2v) is 5.84. The third-order valence-electron chi connectivity index (χ3n) is 3.91. The van der Waals surface area contributed by atoms with Crippen LogP contribution in [-0.4, -0.2) is 23.2 Å². The average molecular weight is 355 g/mol. The molecule has 7 heteroatoms. The van der Waals surface area contributed by atoms with E-state index >= 15 is 0 Å². The van der Waals surface area contributed by atoms with Crippen LogP contribution in [0.2, 0.25) is 0 Å². The number of halogens is 1. The number of carbonyl (C=O) groups excluding carboxylic acids is 1. The zero-order chi connectivity index (χ0) is 18.7. The molecule has 0 bridgehead atoms. The van der Waals surface area contributed by atoms with Crippen molar-refractivity contribution in [2.75, 3.05) is 12.4 Å². The van der Waals surface area contributed by atoms with E-state index in [9.17, 15) is 9.18 Å². The van der Waals surface area contributed by atoms with Crippen molar-refractivity contribution >= 4 is 11.6 Å². The first-order valence-corrected chi connectivity index (χ1v) is 7.99. The van der Waals surface area contributed by atoms with Crippen LogP contribution < -0.4 is 10.1 Å². The standard InChI is InChI=1S/C19H18FN3O3/c1-11-4-6-15(20)8-14(11)10-18(24)21-16-9-13(5-7-17(16)25-3)19-23-22-12(2)26-19/h4-9H,10H2,1-3H3,(H,21,24). The van der Waals surface area contributed by atoms with Crippen LogP contribution in [0.15, 0.2) is 40.8 Å². The van der Waals surface area contributed by atoms with Crippen molar-refractivity contribution in [2.45, 2.75) is 20.3 Å². The quantitative estimate of drug-likeness (QED) is 0.755. The highest BCUT2D eigenvalue weighted by molar-refractivity contribution is 5.94. The lowest BCUT2D eigenvalue weighted by Crippen LogP contribution is -2.16. The van der Waals surface area contributed by atoms with Crippen molar-refractivity contribution in [2.24, 2.45) is 0 Å². The minimum absolute atomic E-state index is 0.0522. The van der Waals surface area contributed by atoms with Crippen LogP contribution in [0.4, 0.5) is 10.1 Å². The van der Waals surface area contributed by atoms with Crippen molar-refractivity contribution in [3.63, 3.8) is 0 Å². The average Bonchev–Trinajstić information content (AvgIpc) is 3.04. The van der Waals surface area contributed by atoms with Crippen molar-refractivity contribution in [3.8, 4) is 17.2 Å². The van der Waals surface area contributed by atoms with E-state index in [1.54, 1.807) is 31.2 Å². The van der Waals surface area contributed by atoms with Crippen LogP contribution in [0.1, 0.15) is 17.0 Å². The molecule has 2 aromatic carbocycles. The summed E-state index contributed by atoms with van der Waals surface area (Å²) in [6.45, 7) is 3.53. The molecule has 0 aliphatic rings. The summed E-state index contributed by atoms with van der Waals surface area (Å²) < 4.78 is 24.1. The number of aryl methyl sites for hydroxylation is 2. The molecule has 0 fully saturated rings. The van der Waals surface area contributed by atoms with Crippen molar-refractivity contribution in [3.05, 3.63) is 59.2 Å². The summed E-state index contributed by atoms with van der Waals surface area (Å²) in [6.07, 6.45) is 0.0522. The summed E-state index contributed by atoms with van der Waals surface area (Å²) in [5.41, 5.74) is 2.61. The summed E-state index contributed by atoms with van der Waals surface area (Å²) in [7, 11) is 1.51. The zero-order valence-corrected chi connectivity index (χ0v) is 14.7. The van der Waals surface area contributed by atoms with E-state index in [2.05, 4.69) is 15.5 Å². The summed E-state index contributed by atoms with van der Waals surface area (Å²) >= 11 is 0. The Morgan fingerprint density at radius 3 is 2.69 bits per heavy atom. The Hall–Kier alpha value is -3.22. The molecule has 6 nitrogen and oxygen atoms in total. The highest BCUT2D eigenvalue weighted by atomic mass is 19.1. The molecule has 0 unspecified atom stereocenters. The Morgan fingerprint density at radius 2 is 2.00 bits per heavy atom. The number of hydrogen-bond acceptors (Lipinski definition) is 5. The molecule has 134 valence electrons. The van der Waals surface area contributed by atoms with Crippen LogP contribution in [-0.2, 0) is 11.2 Å². The van der Waals surface area contributed by atoms with Gasteiger partial charge in [0.05, 0.1) is 19.2 Å². The Balaban J connectivity index is 1.83. The molecular weight excluding hydrogens is 337 g/mol. The number of aromatic nitrogens is 2. The number of ether oxygens (including phenoxy) is 1.